The van der Waals surface area contributed by atoms with E-state index in [1.807, 2.05) is 0 Å². The molecule has 1 atom stereocenters. The van der Waals surface area contributed by atoms with Crippen molar-refractivity contribution in [2.24, 2.45) is 5.11 Å². The molecular weight excluding hydrogens is 198 g/mol. The van der Waals surface area contributed by atoms with Gasteiger partial charge in [0.2, 0.25) is 0 Å². The Labute approximate surface area is 93.2 Å². The Hall–Kier alpha value is -2.20. The summed E-state index contributed by atoms with van der Waals surface area (Å²) in [5.74, 6) is -0.568. The molecule has 0 aliphatic carbocycles. The number of esters is 1. The van der Waals surface area contributed by atoms with Gasteiger partial charge in [0.1, 0.15) is 5.75 Å². The molecule has 6 heteroatoms. The molecule has 0 amide bonds. The van der Waals surface area contributed by atoms with Gasteiger partial charge in [-0.2, -0.15) is 0 Å². The first kappa shape index (κ1) is 10.9. The van der Waals surface area contributed by atoms with Crippen LogP contribution in [0, 0.1) is 0 Å². The molecular formula is C9H19N3O3. The summed E-state index contributed by atoms with van der Waals surface area (Å²) in [7, 11) is 1.21. The minimum absolute atomic E-state index is 0. The number of aromatic hydroxyl groups is 1. The second-order valence-corrected chi connectivity index (χ2v) is 2.72. The van der Waals surface area contributed by atoms with E-state index in [2.05, 4.69) is 14.8 Å². The van der Waals surface area contributed by atoms with Crippen LogP contribution in [-0.2, 0) is 9.53 Å². The average molecular weight is 217 g/mol. The zero-order valence-corrected chi connectivity index (χ0v) is 7.99. The summed E-state index contributed by atoms with van der Waals surface area (Å²) in [4.78, 5) is 13.8. The van der Waals surface area contributed by atoms with E-state index in [0.717, 1.165) is 0 Å². The summed E-state index contributed by atoms with van der Waals surface area (Å²) in [5.41, 5.74) is 8.77. The van der Waals surface area contributed by atoms with E-state index >= 15 is 0 Å². The van der Waals surface area contributed by atoms with E-state index in [4.69, 9.17) is 10.6 Å². The lowest BCUT2D eigenvalue weighted by molar-refractivity contribution is -0.142. The molecule has 6 nitrogen and oxygen atoms in total. The number of benzene rings is 1. The van der Waals surface area contributed by atoms with Gasteiger partial charge in [0.05, 0.1) is 7.11 Å². The minimum atomic E-state index is -1.01. The number of phenolic OH excluding ortho intramolecular Hbond substituents is 1. The summed E-state index contributed by atoms with van der Waals surface area (Å²) >= 11 is 0. The van der Waals surface area contributed by atoms with Gasteiger partial charge in [-0.05, 0) is 23.2 Å². The third-order valence-electron chi connectivity index (χ3n) is 1.80. The quantitative estimate of drug-likeness (QED) is 0.364. The van der Waals surface area contributed by atoms with Crippen molar-refractivity contribution >= 4 is 5.97 Å². The maximum absolute atomic E-state index is 11.2. The van der Waals surface area contributed by atoms with Crippen LogP contribution < -0.4 is 0 Å². The number of phenols is 1. The fourth-order valence-corrected chi connectivity index (χ4v) is 1.07. The molecule has 0 bridgehead atoms. The summed E-state index contributed by atoms with van der Waals surface area (Å²) in [6.07, 6.45) is 0. The molecule has 0 unspecified atom stereocenters. The molecule has 0 radical (unpaired) electrons. The highest BCUT2D eigenvalue weighted by atomic mass is 16.5. The van der Waals surface area contributed by atoms with Gasteiger partial charge in [0, 0.05) is 12.0 Å². The SMILES string of the molecule is COC(=O)[C@H](N=[N+]=[N-])c1ccc(O)cc1.[HH].[HH].[HH].[HH].[HH]. The minimum Gasteiger partial charge on any atom is -0.508 e. The van der Waals surface area contributed by atoms with Crippen LogP contribution >= 0.6 is 0 Å². The Kier molecular flexibility index (Phi) is 3.54. The van der Waals surface area contributed by atoms with Crippen LogP contribution in [0.4, 0.5) is 0 Å². The maximum Gasteiger partial charge on any atom is 0.319 e. The predicted octanol–water partition coefficient (Wildman–Crippen LogP) is 3.15. The Morgan fingerprint density at radius 2 is 2.20 bits per heavy atom. The van der Waals surface area contributed by atoms with Gasteiger partial charge < -0.3 is 9.84 Å². The maximum atomic E-state index is 11.2. The Balaban J connectivity index is -0.000000150. The number of ether oxygens (including phenoxy) is 1. The molecule has 0 fully saturated rings. The molecule has 88 valence electrons. The van der Waals surface area contributed by atoms with Crippen LogP contribution in [0.1, 0.15) is 18.7 Å². The fraction of sp³-hybridized carbons (Fsp3) is 0.222. The number of methoxy groups -OCH3 is 1. The molecule has 0 aliphatic rings. The normalized spacial score (nSPS) is 11.3. The molecule has 0 spiro atoms. The fourth-order valence-electron chi connectivity index (χ4n) is 1.07. The Morgan fingerprint density at radius 3 is 2.67 bits per heavy atom. The lowest BCUT2D eigenvalue weighted by Crippen LogP contribution is -2.11. The highest BCUT2D eigenvalue weighted by Crippen LogP contribution is 2.21. The third-order valence-corrected chi connectivity index (χ3v) is 1.80. The summed E-state index contributed by atoms with van der Waals surface area (Å²) in [6, 6.07) is 4.77. The van der Waals surface area contributed by atoms with Crippen molar-refractivity contribution in [1.29, 1.82) is 0 Å². The van der Waals surface area contributed by atoms with Crippen LogP contribution in [0.15, 0.2) is 29.4 Å². The van der Waals surface area contributed by atoms with Gasteiger partial charge in [0.15, 0.2) is 6.04 Å². The van der Waals surface area contributed by atoms with E-state index in [9.17, 15) is 4.79 Å². The first-order valence-corrected chi connectivity index (χ1v) is 4.10. The van der Waals surface area contributed by atoms with E-state index in [1.165, 1.54) is 31.4 Å². The molecule has 0 saturated heterocycles. The number of azide groups is 1. The van der Waals surface area contributed by atoms with Crippen LogP contribution in [0.2, 0.25) is 0 Å². The zero-order valence-electron chi connectivity index (χ0n) is 7.99. The van der Waals surface area contributed by atoms with Crippen molar-refractivity contribution in [1.82, 2.24) is 0 Å². The molecule has 0 saturated carbocycles. The van der Waals surface area contributed by atoms with E-state index in [1.54, 1.807) is 0 Å². The van der Waals surface area contributed by atoms with Gasteiger partial charge in [-0.25, -0.2) is 0 Å². The van der Waals surface area contributed by atoms with Gasteiger partial charge in [-0.1, -0.05) is 17.2 Å². The number of rotatable bonds is 3. The van der Waals surface area contributed by atoms with Crippen LogP contribution in [0.5, 0.6) is 5.75 Å². The summed E-state index contributed by atoms with van der Waals surface area (Å²) < 4.78 is 4.48. The number of hydrogen-bond donors (Lipinski definition) is 1. The van der Waals surface area contributed by atoms with Crippen LogP contribution in [0.3, 0.4) is 0 Å². The monoisotopic (exact) mass is 217 g/mol. The van der Waals surface area contributed by atoms with Gasteiger partial charge >= 0.3 is 5.97 Å². The molecule has 1 aromatic rings. The number of carbonyl (C=O) groups is 1. The zero-order chi connectivity index (χ0) is 11.3. The average Bonchev–Trinajstić information content (AvgIpc) is 2.26. The van der Waals surface area contributed by atoms with Crippen LogP contribution in [0.25, 0.3) is 10.4 Å². The first-order chi connectivity index (χ1) is 7.19. The van der Waals surface area contributed by atoms with Crippen molar-refractivity contribution in [3.05, 3.63) is 40.3 Å². The van der Waals surface area contributed by atoms with Crippen molar-refractivity contribution in [2.75, 3.05) is 7.11 Å². The highest BCUT2D eigenvalue weighted by molar-refractivity contribution is 5.77. The lowest BCUT2D eigenvalue weighted by Gasteiger charge is -2.08. The number of carbonyl (C=O) groups excluding carboxylic acids is 1. The van der Waals surface area contributed by atoms with Gasteiger partial charge in [0.25, 0.3) is 0 Å². The largest absolute Gasteiger partial charge is 0.508 e. The lowest BCUT2D eigenvalue weighted by atomic mass is 10.1. The van der Waals surface area contributed by atoms with Gasteiger partial charge in [-0.3, -0.25) is 4.79 Å². The third kappa shape index (κ3) is 2.62. The smallest absolute Gasteiger partial charge is 0.319 e. The van der Waals surface area contributed by atoms with Crippen molar-refractivity contribution < 1.29 is 21.8 Å². The Morgan fingerprint density at radius 1 is 1.60 bits per heavy atom. The molecule has 1 aromatic carbocycles. The van der Waals surface area contributed by atoms with Crippen molar-refractivity contribution in [3.8, 4) is 5.75 Å². The molecule has 15 heavy (non-hydrogen) atoms. The molecule has 0 aliphatic heterocycles. The predicted molar refractivity (Wildman–Crippen MR) is 62.6 cm³/mol. The molecule has 0 aromatic heterocycles. The Bertz CT molecular complexity index is 412. The standard InChI is InChI=1S/C9H9N3O3.5H2/c1-15-9(14)8(11-12-10)6-2-4-7(13)5-3-6;;;;;/h2-5,8,13H,1H3;5*1H/t8-;;;;;/m1...../s1. The first-order valence-electron chi connectivity index (χ1n) is 4.10. The molecule has 0 heterocycles. The van der Waals surface area contributed by atoms with Crippen molar-refractivity contribution in [2.45, 2.75) is 6.04 Å². The van der Waals surface area contributed by atoms with Gasteiger partial charge in [-0.15, -0.1) is 0 Å². The highest BCUT2D eigenvalue weighted by Gasteiger charge is 2.19. The van der Waals surface area contributed by atoms with E-state index < -0.39 is 12.0 Å². The van der Waals surface area contributed by atoms with Crippen LogP contribution in [-0.4, -0.2) is 18.2 Å². The molecule has 1 rings (SSSR count). The van der Waals surface area contributed by atoms with Crippen molar-refractivity contribution in [3.63, 3.8) is 0 Å². The van der Waals surface area contributed by atoms with E-state index in [-0.39, 0.29) is 12.9 Å². The number of hydrogen-bond acceptors (Lipinski definition) is 4. The number of nitrogens with zero attached hydrogens (tertiary/aromatic N) is 3. The topological polar surface area (TPSA) is 95.3 Å². The summed E-state index contributed by atoms with van der Waals surface area (Å²) in [5, 5.41) is 12.4. The molecule has 1 N–H and O–H groups in total. The second-order valence-electron chi connectivity index (χ2n) is 2.72. The summed E-state index contributed by atoms with van der Waals surface area (Å²) in [6.45, 7) is 0. The second kappa shape index (κ2) is 4.88. The van der Waals surface area contributed by atoms with E-state index in [0.29, 0.717) is 5.56 Å².